The van der Waals surface area contributed by atoms with Crippen LogP contribution in [0.5, 0.6) is 0 Å². The number of ether oxygens (including phenoxy) is 1. The van der Waals surface area contributed by atoms with Crippen molar-refractivity contribution in [2.24, 2.45) is 0 Å². The molecule has 0 fully saturated rings. The van der Waals surface area contributed by atoms with Gasteiger partial charge in [0.05, 0.1) is 12.3 Å². The Balaban J connectivity index is 2.35. The van der Waals surface area contributed by atoms with Crippen LogP contribution in [0.25, 0.3) is 10.6 Å². The minimum Gasteiger partial charge on any atom is -0.378 e. The molecule has 21 heavy (non-hydrogen) atoms. The number of methoxy groups -OCH3 is 1. The van der Waals surface area contributed by atoms with Crippen LogP contribution >= 0.6 is 27.3 Å². The zero-order valence-electron chi connectivity index (χ0n) is 12.2. The number of hydrogen-bond donors (Lipinski definition) is 1. The highest BCUT2D eigenvalue weighted by molar-refractivity contribution is 9.10. The molecule has 0 bridgehead atoms. The third-order valence-electron chi connectivity index (χ3n) is 2.89. The topological polar surface area (TPSA) is 34.1 Å². The van der Waals surface area contributed by atoms with Crippen molar-refractivity contribution < 1.29 is 9.13 Å². The Morgan fingerprint density at radius 1 is 1.43 bits per heavy atom. The highest BCUT2D eigenvalue weighted by Gasteiger charge is 2.15. The molecule has 0 atom stereocenters. The van der Waals surface area contributed by atoms with Gasteiger partial charge in [-0.1, -0.05) is 29.8 Å². The molecule has 0 aliphatic carbocycles. The van der Waals surface area contributed by atoms with Gasteiger partial charge < -0.3 is 10.1 Å². The largest absolute Gasteiger partial charge is 0.378 e. The van der Waals surface area contributed by atoms with Gasteiger partial charge in [0.15, 0.2) is 0 Å². The molecule has 6 heteroatoms. The third kappa shape index (κ3) is 4.32. The zero-order valence-corrected chi connectivity index (χ0v) is 14.6. The summed E-state index contributed by atoms with van der Waals surface area (Å²) in [6.45, 7) is 5.39. The minimum atomic E-state index is -0.265. The number of rotatable bonds is 6. The van der Waals surface area contributed by atoms with Crippen molar-refractivity contribution in [1.29, 1.82) is 0 Å². The Kier molecular flexibility index (Phi) is 5.87. The van der Waals surface area contributed by atoms with E-state index in [9.17, 15) is 4.39 Å². The summed E-state index contributed by atoms with van der Waals surface area (Å²) < 4.78 is 19.5. The van der Waals surface area contributed by atoms with Gasteiger partial charge >= 0.3 is 0 Å². The van der Waals surface area contributed by atoms with E-state index in [-0.39, 0.29) is 5.82 Å². The monoisotopic (exact) mass is 372 g/mol. The zero-order chi connectivity index (χ0) is 15.4. The fraction of sp³-hybridized carbons (Fsp3) is 0.400. The Morgan fingerprint density at radius 2 is 2.19 bits per heavy atom. The Labute approximate surface area is 136 Å². The maximum atomic E-state index is 13.5. The van der Waals surface area contributed by atoms with E-state index < -0.39 is 0 Å². The van der Waals surface area contributed by atoms with E-state index in [0.29, 0.717) is 12.6 Å². The van der Waals surface area contributed by atoms with E-state index in [0.717, 1.165) is 32.2 Å². The molecule has 1 N–H and O–H groups in total. The average Bonchev–Trinajstić information content (AvgIpc) is 2.83. The fourth-order valence-corrected chi connectivity index (χ4v) is 3.46. The van der Waals surface area contributed by atoms with Crippen molar-refractivity contribution in [3.05, 3.63) is 39.1 Å². The molecule has 0 saturated heterocycles. The summed E-state index contributed by atoms with van der Waals surface area (Å²) in [5.74, 6) is -0.265. The van der Waals surface area contributed by atoms with Crippen molar-refractivity contribution in [3.8, 4) is 10.6 Å². The molecule has 0 radical (unpaired) electrons. The molecule has 0 spiro atoms. The summed E-state index contributed by atoms with van der Waals surface area (Å²) in [4.78, 5) is 5.73. The summed E-state index contributed by atoms with van der Waals surface area (Å²) in [7, 11) is 1.65. The summed E-state index contributed by atoms with van der Waals surface area (Å²) in [6.07, 6.45) is 0. The van der Waals surface area contributed by atoms with Crippen molar-refractivity contribution in [1.82, 2.24) is 10.3 Å². The molecule has 2 rings (SSSR count). The third-order valence-corrected chi connectivity index (χ3v) is 4.71. The number of aromatic nitrogens is 1. The van der Waals surface area contributed by atoms with Crippen LogP contribution in [0.3, 0.4) is 0 Å². The molecular formula is C15H18BrFN2OS. The second-order valence-corrected chi connectivity index (χ2v) is 6.92. The molecule has 2 aromatic rings. The first-order valence-electron chi connectivity index (χ1n) is 6.67. The Bertz CT molecular complexity index is 616. The number of hydrogen-bond acceptors (Lipinski definition) is 4. The van der Waals surface area contributed by atoms with Crippen molar-refractivity contribution in [3.63, 3.8) is 0 Å². The van der Waals surface area contributed by atoms with Crippen LogP contribution in [-0.4, -0.2) is 18.1 Å². The van der Waals surface area contributed by atoms with Crippen LogP contribution in [0.4, 0.5) is 4.39 Å². The van der Waals surface area contributed by atoms with Crippen LogP contribution < -0.4 is 5.32 Å². The lowest BCUT2D eigenvalue weighted by Crippen LogP contribution is -2.21. The molecule has 1 aromatic heterocycles. The van der Waals surface area contributed by atoms with E-state index in [1.165, 1.54) is 12.1 Å². The number of nitrogens with one attached hydrogen (secondary N) is 1. The van der Waals surface area contributed by atoms with E-state index in [1.54, 1.807) is 24.5 Å². The predicted molar refractivity (Wildman–Crippen MR) is 87.9 cm³/mol. The smallest absolute Gasteiger partial charge is 0.125 e. The van der Waals surface area contributed by atoms with Crippen molar-refractivity contribution in [2.75, 3.05) is 7.11 Å². The van der Waals surface area contributed by atoms with E-state index in [1.807, 2.05) is 0 Å². The minimum absolute atomic E-state index is 0.265. The lowest BCUT2D eigenvalue weighted by molar-refractivity contribution is 0.181. The van der Waals surface area contributed by atoms with Crippen LogP contribution in [-0.2, 0) is 17.9 Å². The van der Waals surface area contributed by atoms with Crippen molar-refractivity contribution in [2.45, 2.75) is 33.0 Å². The van der Waals surface area contributed by atoms with Gasteiger partial charge in [0.25, 0.3) is 0 Å². The molecule has 3 nitrogen and oxygen atoms in total. The second-order valence-electron chi connectivity index (χ2n) is 4.98. The lowest BCUT2D eigenvalue weighted by Gasteiger charge is -2.07. The van der Waals surface area contributed by atoms with Gasteiger partial charge in [-0.2, -0.15) is 0 Å². The van der Waals surface area contributed by atoms with E-state index >= 15 is 0 Å². The van der Waals surface area contributed by atoms with Gasteiger partial charge in [-0.3, -0.25) is 0 Å². The Morgan fingerprint density at radius 3 is 2.86 bits per heavy atom. The number of benzene rings is 1. The van der Waals surface area contributed by atoms with Crippen LogP contribution in [0.1, 0.15) is 24.4 Å². The first-order valence-corrected chi connectivity index (χ1v) is 8.28. The van der Waals surface area contributed by atoms with Crippen molar-refractivity contribution >= 4 is 27.3 Å². The fourth-order valence-electron chi connectivity index (χ4n) is 1.84. The van der Waals surface area contributed by atoms with Gasteiger partial charge in [0.2, 0.25) is 0 Å². The molecule has 114 valence electrons. The molecule has 1 heterocycles. The van der Waals surface area contributed by atoms with Crippen LogP contribution in [0, 0.1) is 5.82 Å². The highest BCUT2D eigenvalue weighted by atomic mass is 79.9. The highest BCUT2D eigenvalue weighted by Crippen LogP contribution is 2.34. The number of halogens is 2. The first kappa shape index (κ1) is 16.5. The summed E-state index contributed by atoms with van der Waals surface area (Å²) in [5, 5.41) is 4.18. The van der Waals surface area contributed by atoms with Gasteiger partial charge in [-0.15, -0.1) is 11.3 Å². The van der Waals surface area contributed by atoms with Gasteiger partial charge in [-0.25, -0.2) is 9.37 Å². The number of thiazole rings is 1. The normalized spacial score (nSPS) is 11.3. The molecule has 0 aliphatic heterocycles. The molecule has 0 saturated carbocycles. The van der Waals surface area contributed by atoms with Gasteiger partial charge in [-0.05, 0) is 18.2 Å². The first-order chi connectivity index (χ1) is 10.0. The van der Waals surface area contributed by atoms with Crippen LogP contribution in [0.2, 0.25) is 0 Å². The molecule has 1 aromatic carbocycles. The number of nitrogens with zero attached hydrogens (tertiary/aromatic N) is 1. The molecule has 0 aliphatic rings. The molecule has 0 unspecified atom stereocenters. The van der Waals surface area contributed by atoms with Gasteiger partial charge in [0.1, 0.15) is 10.8 Å². The molecule has 0 amide bonds. The summed E-state index contributed by atoms with van der Waals surface area (Å²) in [6, 6.07) is 5.03. The second kappa shape index (κ2) is 7.45. The maximum absolute atomic E-state index is 13.5. The lowest BCUT2D eigenvalue weighted by atomic mass is 10.2. The standard InChI is InChI=1S/C15H18BrFN2OS/c1-9(2)18-7-14-13(8-20-3)19-15(21-14)11-6-10(17)4-5-12(11)16/h4-6,9,18H,7-8H2,1-3H3. The van der Waals surface area contributed by atoms with Gasteiger partial charge in [0, 0.05) is 34.6 Å². The van der Waals surface area contributed by atoms with Crippen LogP contribution in [0.15, 0.2) is 22.7 Å². The summed E-state index contributed by atoms with van der Waals surface area (Å²) >= 11 is 5.02. The van der Waals surface area contributed by atoms with E-state index in [4.69, 9.17) is 4.74 Å². The van der Waals surface area contributed by atoms with E-state index in [2.05, 4.69) is 40.1 Å². The Hall–Kier alpha value is -0.820. The average molecular weight is 373 g/mol. The quantitative estimate of drug-likeness (QED) is 0.817. The predicted octanol–water partition coefficient (Wildman–Crippen LogP) is 4.36. The SMILES string of the molecule is COCc1nc(-c2cc(F)ccc2Br)sc1CNC(C)C. The molecular weight excluding hydrogens is 355 g/mol. The summed E-state index contributed by atoms with van der Waals surface area (Å²) in [5.41, 5.74) is 1.68. The maximum Gasteiger partial charge on any atom is 0.125 e.